The molecule has 0 unspecified atom stereocenters. The summed E-state index contributed by atoms with van der Waals surface area (Å²) in [6, 6.07) is 43.6. The van der Waals surface area contributed by atoms with Crippen LogP contribution in [-0.4, -0.2) is 17.5 Å². The summed E-state index contributed by atoms with van der Waals surface area (Å²) >= 11 is -3.33. The molecule has 0 radical (unpaired) electrons. The monoisotopic (exact) mass is 824 g/mol. The van der Waals surface area contributed by atoms with Gasteiger partial charge in [-0.3, -0.25) is 0 Å². The molecule has 0 aliphatic heterocycles. The second-order valence-electron chi connectivity index (χ2n) is 15.6. The minimum atomic E-state index is -3.33. The molecule has 0 saturated heterocycles. The Labute approximate surface area is 306 Å². The first-order valence-electron chi connectivity index (χ1n) is 17.8. The van der Waals surface area contributed by atoms with Crippen molar-refractivity contribution in [2.24, 2.45) is 0 Å². The predicted octanol–water partition coefficient (Wildman–Crippen LogP) is 11.6. The number of hydrogen-bond donors (Lipinski definition) is 0. The van der Waals surface area contributed by atoms with E-state index < -0.39 is 21.0 Å². The summed E-state index contributed by atoms with van der Waals surface area (Å²) in [6.45, 7) is 14.0. The molecule has 2 aliphatic rings. The number of benzene rings is 5. The number of methoxy groups -OCH3 is 2. The van der Waals surface area contributed by atoms with Crippen molar-refractivity contribution >= 4 is 8.83 Å². The molecule has 0 saturated carbocycles. The van der Waals surface area contributed by atoms with Gasteiger partial charge in [-0.25, -0.2) is 0 Å². The molecule has 7 rings (SSSR count). The van der Waals surface area contributed by atoms with Crippen LogP contribution >= 0.6 is 0 Å². The molecule has 2 aliphatic carbocycles. The minimum absolute atomic E-state index is 0.0392. The molecule has 0 atom stereocenters. The van der Waals surface area contributed by atoms with Crippen molar-refractivity contribution in [2.75, 3.05) is 14.2 Å². The molecule has 252 valence electrons. The molecule has 0 bridgehead atoms. The van der Waals surface area contributed by atoms with E-state index in [9.17, 15) is 0 Å². The fraction of sp³-hybridized carbons (Fsp3) is 0.255. The van der Waals surface area contributed by atoms with E-state index in [0.717, 1.165) is 23.5 Å². The molecule has 5 aromatic rings. The van der Waals surface area contributed by atoms with Crippen molar-refractivity contribution < 1.29 is 30.4 Å². The van der Waals surface area contributed by atoms with Gasteiger partial charge < -0.3 is 0 Å². The summed E-state index contributed by atoms with van der Waals surface area (Å²) in [6.07, 6.45) is 5.71. The van der Waals surface area contributed by atoms with Crippen LogP contribution in [0.15, 0.2) is 131 Å². The Morgan fingerprint density at radius 1 is 0.600 bits per heavy atom. The van der Waals surface area contributed by atoms with Gasteiger partial charge in [-0.05, 0) is 0 Å². The second-order valence-corrected chi connectivity index (χ2v) is 24.6. The SMILES string of the molecule is COc1ccc(C2=[C]([Hf](=[C](c3ccccc3)c3ccccc3)[CH]3c4cc(C(C)(C)C)ccc4-c4ccc(C(C)(C)C)cc43)CC=C2)c(OC)c1. The van der Waals surface area contributed by atoms with E-state index >= 15 is 0 Å². The van der Waals surface area contributed by atoms with Crippen LogP contribution < -0.4 is 9.47 Å². The first-order valence-corrected chi connectivity index (χ1v) is 23.4. The van der Waals surface area contributed by atoms with Crippen LogP contribution in [0.2, 0.25) is 0 Å². The molecule has 3 heteroatoms. The van der Waals surface area contributed by atoms with Crippen molar-refractivity contribution in [3.8, 4) is 22.6 Å². The van der Waals surface area contributed by atoms with Gasteiger partial charge >= 0.3 is 308 Å². The van der Waals surface area contributed by atoms with Crippen molar-refractivity contribution in [3.63, 3.8) is 0 Å². The topological polar surface area (TPSA) is 18.5 Å². The average molecular weight is 823 g/mol. The van der Waals surface area contributed by atoms with Crippen molar-refractivity contribution in [1.82, 2.24) is 0 Å². The van der Waals surface area contributed by atoms with E-state index in [4.69, 9.17) is 9.47 Å². The molecule has 2 nitrogen and oxygen atoms in total. The number of ether oxygens (including phenoxy) is 2. The third kappa shape index (κ3) is 6.35. The van der Waals surface area contributed by atoms with E-state index in [2.05, 4.69) is 163 Å². The van der Waals surface area contributed by atoms with Crippen molar-refractivity contribution in [3.05, 3.63) is 170 Å². The van der Waals surface area contributed by atoms with Gasteiger partial charge in [0.1, 0.15) is 0 Å². The van der Waals surface area contributed by atoms with E-state index in [0.29, 0.717) is 3.67 Å². The van der Waals surface area contributed by atoms with Crippen LogP contribution in [0.3, 0.4) is 0 Å². The van der Waals surface area contributed by atoms with E-state index in [-0.39, 0.29) is 10.8 Å². The third-order valence-electron chi connectivity index (χ3n) is 10.4. The van der Waals surface area contributed by atoms with Crippen LogP contribution in [0.1, 0.15) is 90.6 Å². The van der Waals surface area contributed by atoms with Gasteiger partial charge in [0, 0.05) is 0 Å². The van der Waals surface area contributed by atoms with Gasteiger partial charge in [0.25, 0.3) is 0 Å². The maximum atomic E-state index is 6.07. The predicted molar refractivity (Wildman–Crippen MR) is 207 cm³/mol. The van der Waals surface area contributed by atoms with Crippen LogP contribution in [0.25, 0.3) is 16.7 Å². The summed E-state index contributed by atoms with van der Waals surface area (Å²) in [5.74, 6) is 1.66. The quantitative estimate of drug-likeness (QED) is 0.152. The molecular weight excluding hydrogens is 775 g/mol. The summed E-state index contributed by atoms with van der Waals surface area (Å²) < 4.78 is 15.2. The zero-order valence-corrected chi connectivity index (χ0v) is 34.3. The molecule has 0 N–H and O–H groups in total. The zero-order valence-electron chi connectivity index (χ0n) is 30.7. The number of fused-ring (bicyclic) bond motifs is 3. The summed E-state index contributed by atoms with van der Waals surface area (Å²) in [5.41, 5.74) is 13.8. The van der Waals surface area contributed by atoms with Gasteiger partial charge in [0.15, 0.2) is 0 Å². The molecule has 0 amide bonds. The van der Waals surface area contributed by atoms with Gasteiger partial charge in [-0.2, -0.15) is 0 Å². The molecule has 5 aromatic carbocycles. The molecule has 0 aromatic heterocycles. The normalized spacial score (nSPS) is 14.1. The molecule has 0 fully saturated rings. The standard InChI is InChI=1S/C21H25.C13H13O2.C13H10.Hf/c1-20(2,3)16-7-9-18-14(12-16)11-15-13-17(21(4,5)6)8-10-19(15)18;1-14-11-7-8-12(13(9-11)15-2)10-5-3-4-6-10;1-3-7-12(8-4-1)11-13-9-5-2-6-10-13;/h7-13H,1-6H3;3,5,7-9H,4H2,1-2H3;1-10H;. The Hall–Kier alpha value is -4.08. The summed E-state index contributed by atoms with van der Waals surface area (Å²) in [5, 5.41) is 0. The van der Waals surface area contributed by atoms with Gasteiger partial charge in [0.2, 0.25) is 0 Å². The fourth-order valence-corrected chi connectivity index (χ4v) is 21.5. The van der Waals surface area contributed by atoms with Crippen molar-refractivity contribution in [1.29, 1.82) is 0 Å². The Morgan fingerprint density at radius 2 is 1.12 bits per heavy atom. The Bertz CT molecular complexity index is 2050. The van der Waals surface area contributed by atoms with Crippen LogP contribution in [0.4, 0.5) is 0 Å². The van der Waals surface area contributed by atoms with Gasteiger partial charge in [0.05, 0.1) is 0 Å². The van der Waals surface area contributed by atoms with Gasteiger partial charge in [-0.15, -0.1) is 0 Å². The number of rotatable bonds is 7. The molecular formula is C47H48HfO2. The first-order chi connectivity index (χ1) is 24.0. The molecule has 0 spiro atoms. The van der Waals surface area contributed by atoms with Crippen molar-refractivity contribution in [2.45, 2.75) is 62.5 Å². The van der Waals surface area contributed by atoms with E-state index in [1.54, 1.807) is 20.8 Å². The van der Waals surface area contributed by atoms with Crippen LogP contribution in [0.5, 0.6) is 11.5 Å². The number of hydrogen-bond acceptors (Lipinski definition) is 2. The van der Waals surface area contributed by atoms with E-state index in [1.165, 1.54) is 50.1 Å². The molecule has 0 heterocycles. The average Bonchev–Trinajstić information content (AvgIpc) is 3.72. The summed E-state index contributed by atoms with van der Waals surface area (Å²) in [4.78, 5) is 0. The molecule has 50 heavy (non-hydrogen) atoms. The number of allylic oxidation sites excluding steroid dienone is 4. The fourth-order valence-electron chi connectivity index (χ4n) is 7.70. The van der Waals surface area contributed by atoms with Crippen LogP contribution in [0, 0.1) is 0 Å². The Balaban J connectivity index is 1.65. The maximum absolute atomic E-state index is 6.07. The van der Waals surface area contributed by atoms with Crippen LogP contribution in [-0.2, 0) is 31.8 Å². The first kappa shape index (κ1) is 34.4. The Kier molecular flexibility index (Phi) is 9.33. The van der Waals surface area contributed by atoms with Gasteiger partial charge in [-0.1, -0.05) is 0 Å². The second kappa shape index (κ2) is 13.6. The third-order valence-corrected chi connectivity index (χ3v) is 22.7. The zero-order chi connectivity index (χ0) is 35.2. The summed E-state index contributed by atoms with van der Waals surface area (Å²) in [7, 11) is 3.49. The van der Waals surface area contributed by atoms with E-state index in [1.807, 2.05) is 6.07 Å². The Morgan fingerprint density at radius 3 is 1.60 bits per heavy atom.